The van der Waals surface area contributed by atoms with Crippen molar-refractivity contribution in [1.29, 1.82) is 5.26 Å². The number of halogens is 5. The highest BCUT2D eigenvalue weighted by Crippen LogP contribution is 2.34. The lowest BCUT2D eigenvalue weighted by Crippen LogP contribution is -2.29. The summed E-state index contributed by atoms with van der Waals surface area (Å²) < 4.78 is 69.9. The average molecular weight is 505 g/mol. The summed E-state index contributed by atoms with van der Waals surface area (Å²) in [7, 11) is 0. The molecule has 0 unspecified atom stereocenters. The first kappa shape index (κ1) is 24.0. The summed E-state index contributed by atoms with van der Waals surface area (Å²) >= 11 is 0. The Bertz CT molecular complexity index is 1740. The summed E-state index contributed by atoms with van der Waals surface area (Å²) in [6.07, 6.45) is -3.16. The second kappa shape index (κ2) is 9.06. The number of H-pyrrole nitrogens is 1. The zero-order valence-electron chi connectivity index (χ0n) is 18.9. The van der Waals surface area contributed by atoms with Crippen LogP contribution in [0.15, 0.2) is 83.8 Å². The van der Waals surface area contributed by atoms with Crippen molar-refractivity contribution in [3.8, 4) is 28.5 Å². The van der Waals surface area contributed by atoms with E-state index in [1.54, 1.807) is 24.3 Å². The second-order valence-electron chi connectivity index (χ2n) is 8.41. The molecule has 37 heavy (non-hydrogen) atoms. The number of nitrogens with one attached hydrogen (secondary N) is 1. The average Bonchev–Trinajstić information content (AvgIpc) is 3.34. The highest BCUT2D eigenvalue weighted by molar-refractivity contribution is 5.85. The zero-order chi connectivity index (χ0) is 26.3. The maximum absolute atomic E-state index is 14.4. The van der Waals surface area contributed by atoms with Gasteiger partial charge in [-0.3, -0.25) is 4.79 Å². The van der Waals surface area contributed by atoms with Crippen molar-refractivity contribution in [2.24, 2.45) is 0 Å². The summed E-state index contributed by atoms with van der Waals surface area (Å²) in [4.78, 5) is 16.2. The highest BCUT2D eigenvalue weighted by Gasteiger charge is 2.36. The fourth-order valence-corrected chi connectivity index (χ4v) is 4.26. The quantitative estimate of drug-likeness (QED) is 0.271. The summed E-state index contributed by atoms with van der Waals surface area (Å²) in [5.74, 6) is -1.81. The molecule has 184 valence electrons. The molecule has 2 aromatic heterocycles. The Labute approximate surface area is 206 Å². The predicted molar refractivity (Wildman–Crippen MR) is 129 cm³/mol. The lowest BCUT2D eigenvalue weighted by atomic mass is 9.99. The fourth-order valence-electron chi connectivity index (χ4n) is 4.26. The molecule has 3 aromatic carbocycles. The number of aromatic nitrogens is 2. The normalized spacial score (nSPS) is 11.6. The Kier molecular flexibility index (Phi) is 5.88. The number of aromatic amines is 1. The summed E-state index contributed by atoms with van der Waals surface area (Å²) in [5, 5.41) is 10.3. The molecule has 0 saturated carbocycles. The van der Waals surface area contributed by atoms with E-state index in [4.69, 9.17) is 0 Å². The number of nitriles is 1. The van der Waals surface area contributed by atoms with E-state index in [0.29, 0.717) is 12.1 Å². The molecule has 4 nitrogen and oxygen atoms in total. The van der Waals surface area contributed by atoms with Crippen LogP contribution in [0.1, 0.15) is 16.7 Å². The molecule has 0 atom stereocenters. The molecule has 0 aliphatic carbocycles. The Morgan fingerprint density at radius 1 is 0.865 bits per heavy atom. The van der Waals surface area contributed by atoms with Gasteiger partial charge in [-0.15, -0.1) is 0 Å². The number of fused-ring (bicyclic) bond motifs is 1. The van der Waals surface area contributed by atoms with Gasteiger partial charge in [-0.25, -0.2) is 8.78 Å². The molecule has 5 rings (SSSR count). The van der Waals surface area contributed by atoms with E-state index in [9.17, 15) is 32.0 Å². The maximum atomic E-state index is 14.4. The van der Waals surface area contributed by atoms with Crippen molar-refractivity contribution in [3.63, 3.8) is 0 Å². The smallest absolute Gasteiger partial charge is 0.361 e. The van der Waals surface area contributed by atoms with Crippen LogP contribution >= 0.6 is 0 Å². The first-order chi connectivity index (χ1) is 17.7. The molecule has 0 spiro atoms. The van der Waals surface area contributed by atoms with E-state index < -0.39 is 41.0 Å². The van der Waals surface area contributed by atoms with Gasteiger partial charge in [0.1, 0.15) is 23.3 Å². The van der Waals surface area contributed by atoms with Gasteiger partial charge in [0.25, 0.3) is 5.56 Å². The monoisotopic (exact) mass is 505 g/mol. The number of benzene rings is 3. The lowest BCUT2D eigenvalue weighted by Gasteiger charge is -2.18. The van der Waals surface area contributed by atoms with Crippen LogP contribution in [0, 0.1) is 23.0 Å². The minimum absolute atomic E-state index is 0.121. The SMILES string of the molecule is N#Cc1c(C(F)(F)F)cc(-c2ccc(-c3ccc4[nH]ccc4c3)cc2)n(Cc2ccc(F)cc2F)c1=O. The molecule has 1 N–H and O–H groups in total. The van der Waals surface area contributed by atoms with Gasteiger partial charge in [0.15, 0.2) is 0 Å². The first-order valence-electron chi connectivity index (χ1n) is 11.0. The van der Waals surface area contributed by atoms with Crippen LogP contribution in [0.5, 0.6) is 0 Å². The third kappa shape index (κ3) is 4.49. The first-order valence-corrected chi connectivity index (χ1v) is 11.0. The van der Waals surface area contributed by atoms with E-state index in [1.165, 1.54) is 6.07 Å². The summed E-state index contributed by atoms with van der Waals surface area (Å²) in [6, 6.07) is 18.9. The van der Waals surface area contributed by atoms with Crippen LogP contribution in [0.2, 0.25) is 0 Å². The molecule has 0 saturated heterocycles. The third-order valence-corrected chi connectivity index (χ3v) is 6.13. The molecule has 9 heteroatoms. The molecule has 0 bridgehead atoms. The van der Waals surface area contributed by atoms with Crippen LogP contribution < -0.4 is 5.56 Å². The van der Waals surface area contributed by atoms with Gasteiger partial charge in [0.05, 0.1) is 17.8 Å². The molecular formula is C28H16F5N3O. The molecular weight excluding hydrogens is 489 g/mol. The van der Waals surface area contributed by atoms with Crippen molar-refractivity contribution in [2.45, 2.75) is 12.7 Å². The molecule has 2 heterocycles. The Hall–Kier alpha value is -4.71. The topological polar surface area (TPSA) is 61.6 Å². The summed E-state index contributed by atoms with van der Waals surface area (Å²) in [6.45, 7) is -0.501. The van der Waals surface area contributed by atoms with Gasteiger partial charge < -0.3 is 9.55 Å². The Morgan fingerprint density at radius 2 is 1.57 bits per heavy atom. The van der Waals surface area contributed by atoms with Crippen molar-refractivity contribution < 1.29 is 22.0 Å². The van der Waals surface area contributed by atoms with Crippen LogP contribution in [0.3, 0.4) is 0 Å². The van der Waals surface area contributed by atoms with Crippen molar-refractivity contribution >= 4 is 10.9 Å². The highest BCUT2D eigenvalue weighted by atomic mass is 19.4. The fraction of sp³-hybridized carbons (Fsp3) is 0.0714. The zero-order valence-corrected chi connectivity index (χ0v) is 18.9. The molecule has 0 aliphatic heterocycles. The van der Waals surface area contributed by atoms with Crippen molar-refractivity contribution in [2.75, 3.05) is 0 Å². The Morgan fingerprint density at radius 3 is 2.24 bits per heavy atom. The number of nitrogens with zero attached hydrogens (tertiary/aromatic N) is 2. The van der Waals surface area contributed by atoms with Crippen LogP contribution in [-0.2, 0) is 12.7 Å². The van der Waals surface area contributed by atoms with Gasteiger partial charge >= 0.3 is 6.18 Å². The maximum Gasteiger partial charge on any atom is 0.417 e. The number of rotatable bonds is 4. The van der Waals surface area contributed by atoms with Gasteiger partial charge in [-0.05, 0) is 52.4 Å². The molecule has 5 aromatic rings. The van der Waals surface area contributed by atoms with E-state index >= 15 is 0 Å². The number of hydrogen-bond donors (Lipinski definition) is 1. The van der Waals surface area contributed by atoms with Gasteiger partial charge in [-0.2, -0.15) is 18.4 Å². The molecule has 0 fully saturated rings. The number of hydrogen-bond acceptors (Lipinski definition) is 2. The molecule has 0 amide bonds. The van der Waals surface area contributed by atoms with Crippen molar-refractivity contribution in [3.05, 3.63) is 118 Å². The van der Waals surface area contributed by atoms with Gasteiger partial charge in [-0.1, -0.05) is 36.4 Å². The largest absolute Gasteiger partial charge is 0.417 e. The number of alkyl halides is 3. The minimum Gasteiger partial charge on any atom is -0.361 e. The number of pyridine rings is 1. The minimum atomic E-state index is -4.97. The standard InChI is InChI=1S/C28H16F5N3O/c29-21-7-5-20(24(30)12-21)15-36-26(13-23(28(31,32)33)22(14-34)27(36)37)17-3-1-16(2-4-17)18-6-8-25-19(11-18)9-10-35-25/h1-13,35H,15H2. The van der Waals surface area contributed by atoms with Crippen LogP contribution in [-0.4, -0.2) is 9.55 Å². The lowest BCUT2D eigenvalue weighted by molar-refractivity contribution is -0.137. The van der Waals surface area contributed by atoms with Crippen LogP contribution in [0.25, 0.3) is 33.3 Å². The van der Waals surface area contributed by atoms with E-state index in [2.05, 4.69) is 4.98 Å². The van der Waals surface area contributed by atoms with Gasteiger partial charge in [0.2, 0.25) is 0 Å². The van der Waals surface area contributed by atoms with Crippen LogP contribution in [0.4, 0.5) is 22.0 Å². The Balaban J connectivity index is 1.66. The van der Waals surface area contributed by atoms with E-state index in [-0.39, 0.29) is 16.8 Å². The van der Waals surface area contributed by atoms with E-state index in [0.717, 1.165) is 38.7 Å². The second-order valence-corrected chi connectivity index (χ2v) is 8.41. The molecule has 0 radical (unpaired) electrons. The summed E-state index contributed by atoms with van der Waals surface area (Å²) in [5.41, 5.74) is -1.12. The third-order valence-electron chi connectivity index (χ3n) is 6.13. The van der Waals surface area contributed by atoms with E-state index in [1.807, 2.05) is 30.5 Å². The predicted octanol–water partition coefficient (Wildman–Crippen LogP) is 6.88. The van der Waals surface area contributed by atoms with Crippen molar-refractivity contribution in [1.82, 2.24) is 9.55 Å². The van der Waals surface area contributed by atoms with Gasteiger partial charge in [0, 0.05) is 23.3 Å². The molecule has 0 aliphatic rings.